The SMILES string of the molecule is CCCCCCCCc1ccc(C#Cc2cc3c(ccc4c5cc6ccccc6cc5ccc34)o2)cc1. The highest BCUT2D eigenvalue weighted by Crippen LogP contribution is 2.34. The van der Waals surface area contributed by atoms with E-state index >= 15 is 0 Å². The molecule has 1 aromatic heterocycles. The lowest BCUT2D eigenvalue weighted by Gasteiger charge is -2.07. The molecule has 6 rings (SSSR count). The third kappa shape index (κ3) is 4.98. The van der Waals surface area contributed by atoms with Gasteiger partial charge in [-0.3, -0.25) is 0 Å². The van der Waals surface area contributed by atoms with Gasteiger partial charge in [-0.2, -0.15) is 0 Å². The average Bonchev–Trinajstić information content (AvgIpc) is 3.37. The first-order chi connectivity index (χ1) is 18.3. The third-order valence-corrected chi connectivity index (χ3v) is 7.48. The van der Waals surface area contributed by atoms with Gasteiger partial charge < -0.3 is 4.42 Å². The van der Waals surface area contributed by atoms with E-state index in [1.165, 1.54) is 76.4 Å². The molecule has 182 valence electrons. The topological polar surface area (TPSA) is 13.1 Å². The van der Waals surface area contributed by atoms with Crippen LogP contribution < -0.4 is 0 Å². The molecule has 0 amide bonds. The zero-order valence-corrected chi connectivity index (χ0v) is 21.5. The molecule has 0 atom stereocenters. The number of hydrogen-bond donors (Lipinski definition) is 0. The van der Waals surface area contributed by atoms with Crippen molar-refractivity contribution in [2.75, 3.05) is 0 Å². The number of benzene rings is 5. The zero-order valence-electron chi connectivity index (χ0n) is 21.5. The molecule has 0 saturated heterocycles. The highest BCUT2D eigenvalue weighted by molar-refractivity contribution is 6.18. The van der Waals surface area contributed by atoms with Crippen LogP contribution in [0.3, 0.4) is 0 Å². The van der Waals surface area contributed by atoms with Crippen molar-refractivity contribution >= 4 is 43.3 Å². The molecule has 5 aromatic carbocycles. The summed E-state index contributed by atoms with van der Waals surface area (Å²) in [7, 11) is 0. The van der Waals surface area contributed by atoms with Crippen molar-refractivity contribution in [3.8, 4) is 11.8 Å². The number of fused-ring (bicyclic) bond motifs is 6. The first-order valence-corrected chi connectivity index (χ1v) is 13.7. The predicted molar refractivity (Wildman–Crippen MR) is 158 cm³/mol. The van der Waals surface area contributed by atoms with Gasteiger partial charge in [0.25, 0.3) is 0 Å². The molecule has 0 N–H and O–H groups in total. The summed E-state index contributed by atoms with van der Waals surface area (Å²) < 4.78 is 6.12. The molecule has 6 aromatic rings. The highest BCUT2D eigenvalue weighted by Gasteiger charge is 2.09. The van der Waals surface area contributed by atoms with E-state index in [2.05, 4.69) is 110 Å². The molecule has 0 aliphatic rings. The Hall–Kier alpha value is -4.02. The Morgan fingerprint density at radius 1 is 0.568 bits per heavy atom. The Bertz CT molecular complexity index is 1760. The fourth-order valence-electron chi connectivity index (χ4n) is 5.41. The number of unbranched alkanes of at least 4 members (excludes halogenated alkanes) is 5. The first kappa shape index (κ1) is 23.4. The van der Waals surface area contributed by atoms with Crippen LogP contribution in [0.25, 0.3) is 43.3 Å². The maximum atomic E-state index is 6.12. The third-order valence-electron chi connectivity index (χ3n) is 7.48. The smallest absolute Gasteiger partial charge is 0.178 e. The Labute approximate surface area is 219 Å². The minimum atomic E-state index is 0.706. The Balaban J connectivity index is 1.23. The second-order valence-corrected chi connectivity index (χ2v) is 10.1. The molecule has 0 radical (unpaired) electrons. The lowest BCUT2D eigenvalue weighted by molar-refractivity contribution is 0.601. The van der Waals surface area contributed by atoms with Gasteiger partial charge in [0.05, 0.1) is 0 Å². The molecule has 0 unspecified atom stereocenters. The van der Waals surface area contributed by atoms with Crippen molar-refractivity contribution in [3.05, 3.63) is 108 Å². The van der Waals surface area contributed by atoms with Crippen molar-refractivity contribution in [1.82, 2.24) is 0 Å². The van der Waals surface area contributed by atoms with Gasteiger partial charge in [0, 0.05) is 17.0 Å². The van der Waals surface area contributed by atoms with E-state index in [-0.39, 0.29) is 0 Å². The van der Waals surface area contributed by atoms with E-state index in [4.69, 9.17) is 4.42 Å². The van der Waals surface area contributed by atoms with E-state index in [1.54, 1.807) is 0 Å². The van der Waals surface area contributed by atoms with E-state index < -0.39 is 0 Å². The van der Waals surface area contributed by atoms with Gasteiger partial charge in [0.15, 0.2) is 5.76 Å². The molecule has 0 aliphatic carbocycles. The number of rotatable bonds is 7. The zero-order chi connectivity index (χ0) is 25.0. The predicted octanol–water partition coefficient (Wildman–Crippen LogP) is 10.2. The molecular formula is C36H32O. The first-order valence-electron chi connectivity index (χ1n) is 13.7. The van der Waals surface area contributed by atoms with Gasteiger partial charge in [0.1, 0.15) is 5.58 Å². The van der Waals surface area contributed by atoms with Crippen LogP contribution in [-0.4, -0.2) is 0 Å². The van der Waals surface area contributed by atoms with Gasteiger partial charge >= 0.3 is 0 Å². The average molecular weight is 481 g/mol. The molecule has 1 heterocycles. The molecule has 0 bridgehead atoms. The van der Waals surface area contributed by atoms with Gasteiger partial charge in [0.2, 0.25) is 0 Å². The van der Waals surface area contributed by atoms with Crippen LogP contribution in [-0.2, 0) is 6.42 Å². The maximum absolute atomic E-state index is 6.12. The minimum absolute atomic E-state index is 0.706. The van der Waals surface area contributed by atoms with Crippen LogP contribution in [0.1, 0.15) is 62.3 Å². The Kier molecular flexibility index (Phi) is 6.66. The van der Waals surface area contributed by atoms with Crippen molar-refractivity contribution in [1.29, 1.82) is 0 Å². The quantitative estimate of drug-likeness (QED) is 0.0958. The molecular weight excluding hydrogens is 448 g/mol. The van der Waals surface area contributed by atoms with Crippen molar-refractivity contribution in [3.63, 3.8) is 0 Å². The lowest BCUT2D eigenvalue weighted by atomic mass is 9.97. The Morgan fingerprint density at radius 2 is 1.30 bits per heavy atom. The fraction of sp³-hybridized carbons (Fsp3) is 0.222. The summed E-state index contributed by atoms with van der Waals surface area (Å²) in [6, 6.07) is 32.6. The number of aryl methyl sites for hydroxylation is 1. The van der Waals surface area contributed by atoms with Gasteiger partial charge in [-0.1, -0.05) is 99.5 Å². The largest absolute Gasteiger partial charge is 0.448 e. The van der Waals surface area contributed by atoms with Crippen LogP contribution in [0.15, 0.2) is 95.4 Å². The van der Waals surface area contributed by atoms with Crippen LogP contribution in [0, 0.1) is 11.8 Å². The van der Waals surface area contributed by atoms with Crippen molar-refractivity contribution in [2.24, 2.45) is 0 Å². The second-order valence-electron chi connectivity index (χ2n) is 10.1. The molecule has 37 heavy (non-hydrogen) atoms. The summed E-state index contributed by atoms with van der Waals surface area (Å²) >= 11 is 0. The van der Waals surface area contributed by atoms with Gasteiger partial charge in [-0.25, -0.2) is 0 Å². The molecule has 0 fully saturated rings. The number of hydrogen-bond acceptors (Lipinski definition) is 1. The highest BCUT2D eigenvalue weighted by atomic mass is 16.3. The monoisotopic (exact) mass is 480 g/mol. The van der Waals surface area contributed by atoms with E-state index in [9.17, 15) is 0 Å². The molecule has 1 heteroatoms. The van der Waals surface area contributed by atoms with Crippen molar-refractivity contribution < 1.29 is 4.42 Å². The van der Waals surface area contributed by atoms with E-state index in [1.807, 2.05) is 0 Å². The summed E-state index contributed by atoms with van der Waals surface area (Å²) in [6.07, 6.45) is 9.15. The van der Waals surface area contributed by atoms with Crippen LogP contribution in [0.2, 0.25) is 0 Å². The van der Waals surface area contributed by atoms with Gasteiger partial charge in [-0.05, 0) is 87.0 Å². The van der Waals surface area contributed by atoms with Gasteiger partial charge in [-0.15, -0.1) is 0 Å². The summed E-state index contributed by atoms with van der Waals surface area (Å²) in [5.74, 6) is 7.25. The summed E-state index contributed by atoms with van der Waals surface area (Å²) in [4.78, 5) is 0. The lowest BCUT2D eigenvalue weighted by Crippen LogP contribution is -1.87. The molecule has 0 saturated carbocycles. The van der Waals surface area contributed by atoms with Crippen LogP contribution in [0.4, 0.5) is 0 Å². The Morgan fingerprint density at radius 3 is 2.14 bits per heavy atom. The van der Waals surface area contributed by atoms with Crippen LogP contribution in [0.5, 0.6) is 0 Å². The summed E-state index contributed by atoms with van der Waals surface area (Å²) in [6.45, 7) is 2.27. The van der Waals surface area contributed by atoms with Crippen molar-refractivity contribution in [2.45, 2.75) is 51.9 Å². The summed E-state index contributed by atoms with van der Waals surface area (Å²) in [5, 5.41) is 8.63. The molecule has 0 spiro atoms. The second kappa shape index (κ2) is 10.5. The summed E-state index contributed by atoms with van der Waals surface area (Å²) in [5.41, 5.74) is 3.30. The number of furan rings is 1. The van der Waals surface area contributed by atoms with E-state index in [0.29, 0.717) is 5.76 Å². The minimum Gasteiger partial charge on any atom is -0.448 e. The molecule has 0 aliphatic heterocycles. The molecule has 1 nitrogen and oxygen atoms in total. The normalized spacial score (nSPS) is 11.4. The van der Waals surface area contributed by atoms with Crippen LogP contribution >= 0.6 is 0 Å². The fourth-order valence-corrected chi connectivity index (χ4v) is 5.41. The standard InChI is InChI=1S/C36H32O/c1-2-3-4-5-6-7-10-26-13-15-27(16-14-26)17-19-31-25-35-33-20-18-30-23-28-11-8-9-12-29(28)24-34(30)32(33)21-22-36(35)37-31/h8-9,11-16,18,20-25H,2-7,10H2,1H3. The van der Waals surface area contributed by atoms with E-state index in [0.717, 1.165) is 23.0 Å². The maximum Gasteiger partial charge on any atom is 0.178 e.